The van der Waals surface area contributed by atoms with Gasteiger partial charge in [0.2, 0.25) is 0 Å². The highest BCUT2D eigenvalue weighted by molar-refractivity contribution is 7.13. The molecule has 1 saturated carbocycles. The number of piperazine rings is 1. The average Bonchev–Trinajstić information content (AvgIpc) is 2.84. The molecule has 2 heterocycles. The van der Waals surface area contributed by atoms with Crippen molar-refractivity contribution in [3.05, 3.63) is 27.1 Å². The van der Waals surface area contributed by atoms with Crippen LogP contribution in [0.3, 0.4) is 0 Å². The zero-order chi connectivity index (χ0) is 13.2. The van der Waals surface area contributed by atoms with Crippen LogP contribution in [-0.4, -0.2) is 36.0 Å². The molecule has 1 aromatic heterocycles. The molecule has 1 saturated heterocycles. The maximum absolute atomic E-state index is 10.9. The van der Waals surface area contributed by atoms with E-state index < -0.39 is 0 Å². The summed E-state index contributed by atoms with van der Waals surface area (Å²) in [5.41, 5.74) is 1.16. The van der Waals surface area contributed by atoms with Crippen molar-refractivity contribution in [1.82, 2.24) is 10.2 Å². The summed E-state index contributed by atoms with van der Waals surface area (Å²) in [4.78, 5) is 13.1. The van der Waals surface area contributed by atoms with Crippen LogP contribution >= 0.6 is 36.2 Å². The van der Waals surface area contributed by atoms with Crippen LogP contribution in [0.4, 0.5) is 5.00 Å². The summed E-state index contributed by atoms with van der Waals surface area (Å²) < 4.78 is 0. The fourth-order valence-corrected chi connectivity index (χ4v) is 3.84. The number of thiophene rings is 1. The molecule has 1 atom stereocenters. The summed E-state index contributed by atoms with van der Waals surface area (Å²) in [5, 5.41) is 16.5. The van der Waals surface area contributed by atoms with Gasteiger partial charge in [-0.3, -0.25) is 15.0 Å². The fourth-order valence-electron chi connectivity index (χ4n) is 3.09. The molecule has 2 fully saturated rings. The summed E-state index contributed by atoms with van der Waals surface area (Å²) in [6, 6.07) is 2.18. The topological polar surface area (TPSA) is 58.4 Å². The van der Waals surface area contributed by atoms with Crippen LogP contribution in [0.25, 0.3) is 0 Å². The number of halogens is 2. The van der Waals surface area contributed by atoms with Crippen molar-refractivity contribution in [1.29, 1.82) is 0 Å². The first kappa shape index (κ1) is 18.6. The van der Waals surface area contributed by atoms with Crippen LogP contribution in [0.15, 0.2) is 11.4 Å². The largest absolute Gasteiger partial charge is 0.324 e. The second-order valence-corrected chi connectivity index (χ2v) is 6.29. The molecule has 0 bridgehead atoms. The number of hydrogen-bond acceptors (Lipinski definition) is 5. The highest BCUT2D eigenvalue weighted by Crippen LogP contribution is 2.43. The molecule has 0 amide bonds. The number of rotatable bonds is 4. The van der Waals surface area contributed by atoms with E-state index in [2.05, 4.69) is 10.2 Å². The van der Waals surface area contributed by atoms with E-state index in [4.69, 9.17) is 0 Å². The van der Waals surface area contributed by atoms with Gasteiger partial charge in [-0.2, -0.15) is 0 Å². The second-order valence-electron chi connectivity index (χ2n) is 5.40. The molecule has 0 aromatic carbocycles. The lowest BCUT2D eigenvalue weighted by atomic mass is 9.77. The lowest BCUT2D eigenvalue weighted by Crippen LogP contribution is -2.47. The minimum absolute atomic E-state index is 0. The van der Waals surface area contributed by atoms with Crippen LogP contribution < -0.4 is 5.32 Å². The SMILES string of the molecule is Cl.Cl.O=[N+]([O-])c1cc([C@@H](C2CCC2)N2CCNCC2)cs1. The number of nitrogens with one attached hydrogen (secondary N) is 1. The Morgan fingerprint density at radius 2 is 2.00 bits per heavy atom. The summed E-state index contributed by atoms with van der Waals surface area (Å²) in [7, 11) is 0. The fraction of sp³-hybridized carbons (Fsp3) is 0.692. The summed E-state index contributed by atoms with van der Waals surface area (Å²) in [6.45, 7) is 4.14. The smallest absolute Gasteiger partial charge is 0.314 e. The highest BCUT2D eigenvalue weighted by Gasteiger charge is 2.34. The normalized spacial score (nSPS) is 20.8. The van der Waals surface area contributed by atoms with Crippen molar-refractivity contribution in [2.75, 3.05) is 26.2 Å². The van der Waals surface area contributed by atoms with E-state index in [1.807, 2.05) is 5.38 Å². The minimum Gasteiger partial charge on any atom is -0.314 e. The molecule has 21 heavy (non-hydrogen) atoms. The van der Waals surface area contributed by atoms with Gasteiger partial charge in [0.25, 0.3) is 0 Å². The van der Waals surface area contributed by atoms with Crippen molar-refractivity contribution < 1.29 is 4.92 Å². The number of nitrogens with zero attached hydrogens (tertiary/aromatic N) is 2. The van der Waals surface area contributed by atoms with Gasteiger partial charge in [0.1, 0.15) is 0 Å². The predicted octanol–water partition coefficient (Wildman–Crippen LogP) is 3.25. The lowest BCUT2D eigenvalue weighted by molar-refractivity contribution is -0.380. The predicted molar refractivity (Wildman–Crippen MR) is 90.0 cm³/mol. The third kappa shape index (κ3) is 4.07. The van der Waals surface area contributed by atoms with E-state index in [1.165, 1.54) is 30.6 Å². The van der Waals surface area contributed by atoms with Crippen LogP contribution in [0.2, 0.25) is 0 Å². The molecule has 1 aliphatic carbocycles. The Kier molecular flexibility index (Phi) is 7.36. The van der Waals surface area contributed by atoms with Crippen molar-refractivity contribution >= 4 is 41.2 Å². The average molecular weight is 354 g/mol. The second kappa shape index (κ2) is 8.29. The quantitative estimate of drug-likeness (QED) is 0.666. The van der Waals surface area contributed by atoms with Crippen molar-refractivity contribution in [2.45, 2.75) is 25.3 Å². The first-order valence-electron chi connectivity index (χ1n) is 6.93. The first-order chi connectivity index (χ1) is 9.25. The zero-order valence-corrected chi connectivity index (χ0v) is 14.1. The molecule has 0 unspecified atom stereocenters. The third-order valence-corrected chi connectivity index (χ3v) is 5.17. The van der Waals surface area contributed by atoms with Gasteiger partial charge in [0.15, 0.2) is 0 Å². The highest BCUT2D eigenvalue weighted by atomic mass is 35.5. The Balaban J connectivity index is 0.00000110. The molecule has 120 valence electrons. The first-order valence-corrected chi connectivity index (χ1v) is 7.81. The van der Waals surface area contributed by atoms with Gasteiger partial charge in [0.05, 0.1) is 4.92 Å². The van der Waals surface area contributed by atoms with Gasteiger partial charge in [0, 0.05) is 43.7 Å². The molecule has 1 aliphatic heterocycles. The van der Waals surface area contributed by atoms with Crippen molar-refractivity contribution in [2.24, 2.45) is 5.92 Å². The maximum Gasteiger partial charge on any atom is 0.324 e. The summed E-state index contributed by atoms with van der Waals surface area (Å²) >= 11 is 1.26. The summed E-state index contributed by atoms with van der Waals surface area (Å²) in [5.74, 6) is 0.687. The molecule has 0 spiro atoms. The third-order valence-electron chi connectivity index (χ3n) is 4.27. The molecular weight excluding hydrogens is 333 g/mol. The molecule has 1 aromatic rings. The molecule has 1 N–H and O–H groups in total. The van der Waals surface area contributed by atoms with E-state index in [-0.39, 0.29) is 34.7 Å². The summed E-state index contributed by atoms with van der Waals surface area (Å²) in [6.07, 6.45) is 3.83. The monoisotopic (exact) mass is 353 g/mol. The zero-order valence-electron chi connectivity index (χ0n) is 11.7. The van der Waals surface area contributed by atoms with E-state index in [1.54, 1.807) is 6.07 Å². The Morgan fingerprint density at radius 1 is 1.33 bits per heavy atom. The van der Waals surface area contributed by atoms with Gasteiger partial charge < -0.3 is 5.32 Å². The van der Waals surface area contributed by atoms with E-state index in [0.29, 0.717) is 12.0 Å². The number of hydrogen-bond donors (Lipinski definition) is 1. The Bertz CT molecular complexity index is 462. The molecular formula is C13H21Cl2N3O2S. The van der Waals surface area contributed by atoms with Gasteiger partial charge in [-0.15, -0.1) is 24.8 Å². The van der Waals surface area contributed by atoms with Crippen LogP contribution in [0, 0.1) is 16.0 Å². The lowest BCUT2D eigenvalue weighted by Gasteiger charge is -2.42. The minimum atomic E-state index is -0.274. The van der Waals surface area contributed by atoms with Gasteiger partial charge in [-0.05, 0) is 24.3 Å². The van der Waals surface area contributed by atoms with E-state index in [9.17, 15) is 10.1 Å². The standard InChI is InChI=1S/C13H19N3O2S.2ClH/c17-16(18)12-8-11(9-19-12)13(10-2-1-3-10)15-6-4-14-5-7-15;;/h8-10,13-14H,1-7H2;2*1H/t13-;;/m1../s1. The molecule has 0 radical (unpaired) electrons. The Hall–Kier alpha value is -0.400. The van der Waals surface area contributed by atoms with Crippen LogP contribution in [-0.2, 0) is 0 Å². The van der Waals surface area contributed by atoms with E-state index >= 15 is 0 Å². The molecule has 5 nitrogen and oxygen atoms in total. The van der Waals surface area contributed by atoms with Crippen LogP contribution in [0.1, 0.15) is 30.9 Å². The van der Waals surface area contributed by atoms with Crippen molar-refractivity contribution in [3.63, 3.8) is 0 Å². The van der Waals surface area contributed by atoms with Crippen LogP contribution in [0.5, 0.6) is 0 Å². The van der Waals surface area contributed by atoms with Gasteiger partial charge in [-0.1, -0.05) is 17.8 Å². The van der Waals surface area contributed by atoms with Gasteiger partial charge >= 0.3 is 5.00 Å². The van der Waals surface area contributed by atoms with E-state index in [0.717, 1.165) is 31.7 Å². The number of nitro groups is 1. The molecule has 3 rings (SSSR count). The Morgan fingerprint density at radius 3 is 2.48 bits per heavy atom. The van der Waals surface area contributed by atoms with Crippen molar-refractivity contribution in [3.8, 4) is 0 Å². The Labute approximate surface area is 141 Å². The maximum atomic E-state index is 10.9. The molecule has 8 heteroatoms. The molecule has 2 aliphatic rings. The van der Waals surface area contributed by atoms with Gasteiger partial charge in [-0.25, -0.2) is 0 Å².